The van der Waals surface area contributed by atoms with Gasteiger partial charge >= 0.3 is 0 Å². The third-order valence-electron chi connectivity index (χ3n) is 3.58. The number of benzene rings is 1. The Bertz CT molecular complexity index is 552. The molecule has 112 valence electrons. The highest BCUT2D eigenvalue weighted by molar-refractivity contribution is 7.89. The third kappa shape index (κ3) is 3.37. The molecule has 1 N–H and O–H groups in total. The van der Waals surface area contributed by atoms with E-state index in [1.807, 2.05) is 0 Å². The van der Waals surface area contributed by atoms with Gasteiger partial charge in [-0.2, -0.15) is 4.31 Å². The molecule has 0 aliphatic carbocycles. The van der Waals surface area contributed by atoms with Crippen molar-refractivity contribution in [3.05, 3.63) is 29.6 Å². The normalized spacial score (nSPS) is 17.9. The fourth-order valence-electron chi connectivity index (χ4n) is 2.53. The van der Waals surface area contributed by atoms with Crippen molar-refractivity contribution < 1.29 is 12.8 Å². The molecule has 0 amide bonds. The molecule has 1 aliphatic heterocycles. The van der Waals surface area contributed by atoms with Crippen molar-refractivity contribution in [1.82, 2.24) is 9.62 Å². The first-order valence-electron chi connectivity index (χ1n) is 6.99. The van der Waals surface area contributed by atoms with Gasteiger partial charge in [0.25, 0.3) is 0 Å². The fourth-order valence-corrected chi connectivity index (χ4v) is 4.28. The molecule has 6 heteroatoms. The first-order valence-corrected chi connectivity index (χ1v) is 8.43. The van der Waals surface area contributed by atoms with Gasteiger partial charge in [0.15, 0.2) is 0 Å². The van der Waals surface area contributed by atoms with Crippen LogP contribution in [0.25, 0.3) is 0 Å². The lowest BCUT2D eigenvalue weighted by molar-refractivity contribution is 0.422. The summed E-state index contributed by atoms with van der Waals surface area (Å²) in [6.07, 6.45) is 3.85. The van der Waals surface area contributed by atoms with Crippen LogP contribution >= 0.6 is 0 Å². The maximum atomic E-state index is 13.5. The average Bonchev–Trinajstić information content (AvgIpc) is 2.70. The standard InChI is InChI=1S/C14H21FN2O2S/c1-16-11-12-6-7-13(15)10-14(12)20(18,19)17-8-4-2-3-5-9-17/h6-7,10,16H,2-5,8-9,11H2,1H3. The molecule has 0 radical (unpaired) electrons. The molecule has 1 fully saturated rings. The maximum absolute atomic E-state index is 13.5. The van der Waals surface area contributed by atoms with Crippen molar-refractivity contribution in [3.63, 3.8) is 0 Å². The van der Waals surface area contributed by atoms with Gasteiger partial charge in [-0.1, -0.05) is 18.9 Å². The zero-order valence-electron chi connectivity index (χ0n) is 11.7. The number of hydrogen-bond acceptors (Lipinski definition) is 3. The van der Waals surface area contributed by atoms with E-state index in [4.69, 9.17) is 0 Å². The topological polar surface area (TPSA) is 49.4 Å². The third-order valence-corrected chi connectivity index (χ3v) is 5.56. The summed E-state index contributed by atoms with van der Waals surface area (Å²) >= 11 is 0. The number of nitrogens with one attached hydrogen (secondary N) is 1. The van der Waals surface area contributed by atoms with E-state index in [9.17, 15) is 12.8 Å². The van der Waals surface area contributed by atoms with Crippen molar-refractivity contribution in [2.45, 2.75) is 37.1 Å². The van der Waals surface area contributed by atoms with Crippen LogP contribution in [0.2, 0.25) is 0 Å². The molecule has 0 unspecified atom stereocenters. The van der Waals surface area contributed by atoms with E-state index in [2.05, 4.69) is 5.32 Å². The Morgan fingerprint density at radius 3 is 2.45 bits per heavy atom. The van der Waals surface area contributed by atoms with E-state index >= 15 is 0 Å². The number of sulfonamides is 1. The van der Waals surface area contributed by atoms with Crippen LogP contribution in [0.4, 0.5) is 4.39 Å². The zero-order chi connectivity index (χ0) is 14.6. The number of nitrogens with zero attached hydrogens (tertiary/aromatic N) is 1. The summed E-state index contributed by atoms with van der Waals surface area (Å²) < 4.78 is 40.4. The monoisotopic (exact) mass is 300 g/mol. The van der Waals surface area contributed by atoms with Gasteiger partial charge < -0.3 is 5.32 Å². The Kier molecular flexibility index (Phi) is 5.12. The summed E-state index contributed by atoms with van der Waals surface area (Å²) in [6.45, 7) is 1.46. The lowest BCUT2D eigenvalue weighted by atomic mass is 10.2. The summed E-state index contributed by atoms with van der Waals surface area (Å²) in [6, 6.07) is 3.97. The van der Waals surface area contributed by atoms with Crippen molar-refractivity contribution in [2.24, 2.45) is 0 Å². The summed E-state index contributed by atoms with van der Waals surface area (Å²) in [4.78, 5) is 0.0914. The van der Waals surface area contributed by atoms with E-state index in [1.165, 1.54) is 16.4 Å². The van der Waals surface area contributed by atoms with Gasteiger partial charge in [-0.15, -0.1) is 0 Å². The Labute approximate surface area is 120 Å². The number of rotatable bonds is 4. The molecule has 0 bridgehead atoms. The van der Waals surface area contributed by atoms with Crippen LogP contribution in [-0.2, 0) is 16.6 Å². The second-order valence-electron chi connectivity index (χ2n) is 5.10. The molecule has 0 atom stereocenters. The van der Waals surface area contributed by atoms with Gasteiger partial charge in [0, 0.05) is 19.6 Å². The Hall–Kier alpha value is -0.980. The first kappa shape index (κ1) is 15.4. The molecule has 1 aromatic carbocycles. The molecule has 0 saturated carbocycles. The van der Waals surface area contributed by atoms with Crippen LogP contribution in [-0.4, -0.2) is 32.9 Å². The van der Waals surface area contributed by atoms with Crippen LogP contribution in [0.15, 0.2) is 23.1 Å². The lowest BCUT2D eigenvalue weighted by Gasteiger charge is -2.21. The zero-order valence-corrected chi connectivity index (χ0v) is 12.5. The second kappa shape index (κ2) is 6.65. The molecular formula is C14H21FN2O2S. The fraction of sp³-hybridized carbons (Fsp3) is 0.571. The maximum Gasteiger partial charge on any atom is 0.243 e. The van der Waals surface area contributed by atoms with Crippen LogP contribution in [0.1, 0.15) is 31.2 Å². The number of hydrogen-bond donors (Lipinski definition) is 1. The smallest absolute Gasteiger partial charge is 0.243 e. The van der Waals surface area contributed by atoms with Crippen molar-refractivity contribution in [2.75, 3.05) is 20.1 Å². The van der Waals surface area contributed by atoms with Gasteiger partial charge in [0.05, 0.1) is 4.90 Å². The van der Waals surface area contributed by atoms with Crippen LogP contribution < -0.4 is 5.32 Å². The van der Waals surface area contributed by atoms with E-state index in [1.54, 1.807) is 7.05 Å². The molecule has 2 rings (SSSR count). The minimum Gasteiger partial charge on any atom is -0.316 e. The van der Waals surface area contributed by atoms with E-state index < -0.39 is 15.8 Å². The van der Waals surface area contributed by atoms with Crippen LogP contribution in [0.3, 0.4) is 0 Å². The van der Waals surface area contributed by atoms with Crippen molar-refractivity contribution >= 4 is 10.0 Å². The SMILES string of the molecule is CNCc1ccc(F)cc1S(=O)(=O)N1CCCCCC1. The molecule has 1 saturated heterocycles. The van der Waals surface area contributed by atoms with Gasteiger partial charge in [-0.3, -0.25) is 0 Å². The molecular weight excluding hydrogens is 279 g/mol. The van der Waals surface area contributed by atoms with E-state index in [0.29, 0.717) is 25.2 Å². The Morgan fingerprint density at radius 2 is 1.85 bits per heavy atom. The highest BCUT2D eigenvalue weighted by Gasteiger charge is 2.27. The predicted molar refractivity (Wildman–Crippen MR) is 76.4 cm³/mol. The predicted octanol–water partition coefficient (Wildman–Crippen LogP) is 2.11. The van der Waals surface area contributed by atoms with Crippen molar-refractivity contribution in [3.8, 4) is 0 Å². The minimum atomic E-state index is -3.61. The molecule has 1 aliphatic rings. The molecule has 0 aromatic heterocycles. The van der Waals surface area contributed by atoms with Gasteiger partial charge in [-0.05, 0) is 37.6 Å². The minimum absolute atomic E-state index is 0.0914. The summed E-state index contributed by atoms with van der Waals surface area (Å²) in [5, 5.41) is 2.93. The Morgan fingerprint density at radius 1 is 1.20 bits per heavy atom. The molecule has 0 spiro atoms. The highest BCUT2D eigenvalue weighted by atomic mass is 32.2. The average molecular weight is 300 g/mol. The van der Waals surface area contributed by atoms with E-state index in [0.717, 1.165) is 31.7 Å². The van der Waals surface area contributed by atoms with Crippen LogP contribution in [0.5, 0.6) is 0 Å². The highest BCUT2D eigenvalue weighted by Crippen LogP contribution is 2.24. The van der Waals surface area contributed by atoms with Gasteiger partial charge in [0.2, 0.25) is 10.0 Å². The quantitative estimate of drug-likeness (QED) is 0.926. The number of halogens is 1. The Balaban J connectivity index is 2.39. The van der Waals surface area contributed by atoms with Gasteiger partial charge in [-0.25, -0.2) is 12.8 Å². The van der Waals surface area contributed by atoms with Gasteiger partial charge in [0.1, 0.15) is 5.82 Å². The summed E-state index contributed by atoms with van der Waals surface area (Å²) in [5.74, 6) is -0.516. The first-order chi connectivity index (χ1) is 9.55. The second-order valence-corrected chi connectivity index (χ2v) is 7.01. The van der Waals surface area contributed by atoms with Crippen molar-refractivity contribution in [1.29, 1.82) is 0 Å². The molecule has 1 heterocycles. The molecule has 1 aromatic rings. The molecule has 4 nitrogen and oxygen atoms in total. The van der Waals surface area contributed by atoms with Crippen LogP contribution in [0, 0.1) is 5.82 Å². The molecule has 20 heavy (non-hydrogen) atoms. The summed E-state index contributed by atoms with van der Waals surface area (Å²) in [5.41, 5.74) is 0.609. The largest absolute Gasteiger partial charge is 0.316 e. The lowest BCUT2D eigenvalue weighted by Crippen LogP contribution is -2.33. The van der Waals surface area contributed by atoms with E-state index in [-0.39, 0.29) is 4.90 Å². The summed E-state index contributed by atoms with van der Waals surface area (Å²) in [7, 11) is -1.87.